The van der Waals surface area contributed by atoms with Crippen LogP contribution in [0.15, 0.2) is 23.4 Å². The number of sulfone groups is 1. The molecule has 1 aliphatic rings. The molecule has 2 rings (SSSR count). The zero-order valence-electron chi connectivity index (χ0n) is 7.90. The molecule has 1 N–H and O–H groups in total. The lowest BCUT2D eigenvalue weighted by molar-refractivity contribution is 0.598. The first-order valence-corrected chi connectivity index (χ1v) is 6.37. The van der Waals surface area contributed by atoms with Crippen LogP contribution in [0.3, 0.4) is 0 Å². The molecule has 0 saturated heterocycles. The molecule has 1 aliphatic carbocycles. The minimum absolute atomic E-state index is 0.128. The first kappa shape index (κ1) is 9.45. The predicted octanol–water partition coefficient (Wildman–Crippen LogP) is 1.06. The van der Waals surface area contributed by atoms with Crippen LogP contribution in [-0.2, 0) is 9.84 Å². The normalized spacial score (nSPS) is 16.6. The van der Waals surface area contributed by atoms with Crippen molar-refractivity contribution in [3.63, 3.8) is 0 Å². The Morgan fingerprint density at radius 2 is 2.21 bits per heavy atom. The third-order valence-corrected chi connectivity index (χ3v) is 3.05. The van der Waals surface area contributed by atoms with Gasteiger partial charge in [0, 0.05) is 24.2 Å². The maximum atomic E-state index is 11.2. The molecule has 14 heavy (non-hydrogen) atoms. The fourth-order valence-corrected chi connectivity index (χ4v) is 1.76. The van der Waals surface area contributed by atoms with E-state index < -0.39 is 9.84 Å². The maximum Gasteiger partial charge on any atom is 0.192 e. The standard InChI is InChI=1S/C9H12N2O2S/c1-14(12,13)9-6-8(4-5-10-9)11-7-2-3-7/h4-7H,2-3H2,1H3,(H,10,11). The van der Waals surface area contributed by atoms with Crippen LogP contribution in [-0.4, -0.2) is 25.7 Å². The summed E-state index contributed by atoms with van der Waals surface area (Å²) >= 11 is 0. The molecule has 76 valence electrons. The van der Waals surface area contributed by atoms with Gasteiger partial charge in [0.1, 0.15) is 0 Å². The molecule has 1 fully saturated rings. The van der Waals surface area contributed by atoms with Crippen molar-refractivity contribution >= 4 is 15.5 Å². The first-order valence-electron chi connectivity index (χ1n) is 4.48. The van der Waals surface area contributed by atoms with Crippen molar-refractivity contribution in [2.24, 2.45) is 0 Å². The van der Waals surface area contributed by atoms with Gasteiger partial charge in [-0.2, -0.15) is 0 Å². The number of rotatable bonds is 3. The van der Waals surface area contributed by atoms with Crippen molar-refractivity contribution in [2.45, 2.75) is 23.9 Å². The molecule has 0 radical (unpaired) electrons. The van der Waals surface area contributed by atoms with Crippen LogP contribution in [0.2, 0.25) is 0 Å². The molecular weight excluding hydrogens is 200 g/mol. The van der Waals surface area contributed by atoms with Crippen LogP contribution in [0, 0.1) is 0 Å². The van der Waals surface area contributed by atoms with Crippen molar-refractivity contribution in [3.8, 4) is 0 Å². The van der Waals surface area contributed by atoms with Gasteiger partial charge >= 0.3 is 0 Å². The molecule has 1 saturated carbocycles. The van der Waals surface area contributed by atoms with Crippen molar-refractivity contribution in [1.29, 1.82) is 0 Å². The topological polar surface area (TPSA) is 59.1 Å². The van der Waals surface area contributed by atoms with E-state index in [2.05, 4.69) is 10.3 Å². The largest absolute Gasteiger partial charge is 0.382 e. The summed E-state index contributed by atoms with van der Waals surface area (Å²) in [7, 11) is -3.19. The lowest BCUT2D eigenvalue weighted by Gasteiger charge is -2.04. The molecule has 0 amide bonds. The molecule has 0 atom stereocenters. The van der Waals surface area contributed by atoms with Crippen molar-refractivity contribution in [1.82, 2.24) is 4.98 Å². The second-order valence-corrected chi connectivity index (χ2v) is 5.54. The first-order chi connectivity index (χ1) is 6.55. The Labute approximate surface area is 83.3 Å². The van der Waals surface area contributed by atoms with E-state index in [0.29, 0.717) is 6.04 Å². The number of nitrogens with one attached hydrogen (secondary N) is 1. The van der Waals surface area contributed by atoms with Gasteiger partial charge in [-0.1, -0.05) is 0 Å². The lowest BCUT2D eigenvalue weighted by atomic mass is 10.4. The van der Waals surface area contributed by atoms with Crippen LogP contribution in [0.4, 0.5) is 5.69 Å². The Hall–Kier alpha value is -1.10. The van der Waals surface area contributed by atoms with E-state index >= 15 is 0 Å². The van der Waals surface area contributed by atoms with E-state index in [-0.39, 0.29) is 5.03 Å². The molecule has 0 aliphatic heterocycles. The molecule has 0 bridgehead atoms. The number of pyridine rings is 1. The average molecular weight is 212 g/mol. The summed E-state index contributed by atoms with van der Waals surface area (Å²) in [6, 6.07) is 3.88. The van der Waals surface area contributed by atoms with Gasteiger partial charge in [0.05, 0.1) is 0 Å². The highest BCUT2D eigenvalue weighted by molar-refractivity contribution is 7.90. The van der Waals surface area contributed by atoms with Crippen LogP contribution in [0.5, 0.6) is 0 Å². The summed E-state index contributed by atoms with van der Waals surface area (Å²) < 4.78 is 22.4. The molecule has 1 aromatic rings. The zero-order valence-corrected chi connectivity index (χ0v) is 8.71. The highest BCUT2D eigenvalue weighted by Gasteiger charge is 2.21. The smallest absolute Gasteiger partial charge is 0.192 e. The monoisotopic (exact) mass is 212 g/mol. The van der Waals surface area contributed by atoms with E-state index in [0.717, 1.165) is 24.8 Å². The average Bonchev–Trinajstić information content (AvgIpc) is 2.87. The Balaban J connectivity index is 2.26. The van der Waals surface area contributed by atoms with Crippen LogP contribution in [0.25, 0.3) is 0 Å². The molecule has 0 spiro atoms. The van der Waals surface area contributed by atoms with Gasteiger partial charge in [-0.3, -0.25) is 0 Å². The summed E-state index contributed by atoms with van der Waals surface area (Å²) in [6.45, 7) is 0. The second kappa shape index (κ2) is 3.24. The van der Waals surface area contributed by atoms with Gasteiger partial charge in [0.15, 0.2) is 14.9 Å². The quantitative estimate of drug-likeness (QED) is 0.814. The predicted molar refractivity (Wildman–Crippen MR) is 54.0 cm³/mol. The van der Waals surface area contributed by atoms with E-state index in [1.165, 1.54) is 6.20 Å². The van der Waals surface area contributed by atoms with Gasteiger partial charge < -0.3 is 5.32 Å². The Bertz CT molecular complexity index is 438. The van der Waals surface area contributed by atoms with E-state index in [4.69, 9.17) is 0 Å². The molecule has 0 aromatic carbocycles. The van der Waals surface area contributed by atoms with Gasteiger partial charge in [-0.05, 0) is 25.0 Å². The number of nitrogens with zero attached hydrogens (tertiary/aromatic N) is 1. The SMILES string of the molecule is CS(=O)(=O)c1cc(NC2CC2)ccn1. The van der Waals surface area contributed by atoms with E-state index in [1.807, 2.05) is 0 Å². The number of aromatic nitrogens is 1. The molecular formula is C9H12N2O2S. The lowest BCUT2D eigenvalue weighted by Crippen LogP contribution is -2.04. The summed E-state index contributed by atoms with van der Waals surface area (Å²) in [4.78, 5) is 3.81. The number of hydrogen-bond acceptors (Lipinski definition) is 4. The van der Waals surface area contributed by atoms with Gasteiger partial charge in [-0.15, -0.1) is 0 Å². The fourth-order valence-electron chi connectivity index (χ4n) is 1.17. The van der Waals surface area contributed by atoms with Crippen molar-refractivity contribution < 1.29 is 8.42 Å². The molecule has 0 unspecified atom stereocenters. The van der Waals surface area contributed by atoms with Crippen LogP contribution >= 0.6 is 0 Å². The van der Waals surface area contributed by atoms with Crippen LogP contribution < -0.4 is 5.32 Å². The molecule has 4 nitrogen and oxygen atoms in total. The molecule has 1 aromatic heterocycles. The summed E-state index contributed by atoms with van der Waals surface area (Å²) in [5, 5.41) is 3.35. The summed E-state index contributed by atoms with van der Waals surface area (Å²) in [6.07, 6.45) is 5.00. The number of hydrogen-bond donors (Lipinski definition) is 1. The highest BCUT2D eigenvalue weighted by Crippen LogP contribution is 2.25. The third-order valence-electron chi connectivity index (χ3n) is 2.06. The summed E-state index contributed by atoms with van der Waals surface area (Å²) in [5.74, 6) is 0. The van der Waals surface area contributed by atoms with Crippen molar-refractivity contribution in [3.05, 3.63) is 18.3 Å². The van der Waals surface area contributed by atoms with E-state index in [9.17, 15) is 8.42 Å². The van der Waals surface area contributed by atoms with E-state index in [1.54, 1.807) is 12.1 Å². The Morgan fingerprint density at radius 1 is 1.50 bits per heavy atom. The Kier molecular flexibility index (Phi) is 2.19. The third kappa shape index (κ3) is 2.23. The van der Waals surface area contributed by atoms with Gasteiger partial charge in [0.25, 0.3) is 0 Å². The second-order valence-electron chi connectivity index (χ2n) is 3.57. The molecule has 5 heteroatoms. The minimum atomic E-state index is -3.19. The maximum absolute atomic E-state index is 11.2. The zero-order chi connectivity index (χ0) is 10.2. The number of anilines is 1. The summed E-state index contributed by atoms with van der Waals surface area (Å²) in [5.41, 5.74) is 0.836. The minimum Gasteiger partial charge on any atom is -0.382 e. The van der Waals surface area contributed by atoms with Gasteiger partial charge in [-0.25, -0.2) is 13.4 Å². The van der Waals surface area contributed by atoms with Crippen LogP contribution in [0.1, 0.15) is 12.8 Å². The molecule has 1 heterocycles. The van der Waals surface area contributed by atoms with Crippen molar-refractivity contribution in [2.75, 3.05) is 11.6 Å². The highest BCUT2D eigenvalue weighted by atomic mass is 32.2. The van der Waals surface area contributed by atoms with Gasteiger partial charge in [0.2, 0.25) is 0 Å². The Morgan fingerprint density at radius 3 is 2.79 bits per heavy atom. The fraction of sp³-hybridized carbons (Fsp3) is 0.444.